The van der Waals surface area contributed by atoms with Gasteiger partial charge in [0.25, 0.3) is 0 Å². The summed E-state index contributed by atoms with van der Waals surface area (Å²) in [6.45, 7) is 2.84. The fraction of sp³-hybridized carbons (Fsp3) is 0.500. The Morgan fingerprint density at radius 1 is 1.35 bits per heavy atom. The maximum atomic E-state index is 11.8. The molecule has 0 N–H and O–H groups in total. The van der Waals surface area contributed by atoms with Gasteiger partial charge in [-0.1, -0.05) is 12.1 Å². The van der Waals surface area contributed by atoms with E-state index in [4.69, 9.17) is 4.74 Å². The summed E-state index contributed by atoms with van der Waals surface area (Å²) in [6, 6.07) is 8.28. The van der Waals surface area contributed by atoms with E-state index in [2.05, 4.69) is 6.92 Å². The molecule has 0 aliphatic carbocycles. The van der Waals surface area contributed by atoms with Crippen molar-refractivity contribution in [2.45, 2.75) is 38.8 Å². The summed E-state index contributed by atoms with van der Waals surface area (Å²) in [6.07, 6.45) is 2.83. The van der Waals surface area contributed by atoms with Crippen molar-refractivity contribution >= 4 is 5.91 Å². The number of methoxy groups -OCH3 is 1. The number of nitrogens with zero attached hydrogens (tertiary/aromatic N) is 1. The third kappa shape index (κ3) is 2.78. The van der Waals surface area contributed by atoms with Crippen LogP contribution in [0.2, 0.25) is 0 Å². The molecule has 1 aliphatic heterocycles. The lowest BCUT2D eigenvalue weighted by Crippen LogP contribution is -2.41. The van der Waals surface area contributed by atoms with E-state index in [1.54, 1.807) is 7.11 Å². The van der Waals surface area contributed by atoms with Crippen LogP contribution in [0.4, 0.5) is 0 Å². The highest BCUT2D eigenvalue weighted by Gasteiger charge is 2.24. The Bertz CT molecular complexity index is 386. The zero-order valence-electron chi connectivity index (χ0n) is 10.5. The molecule has 0 radical (unpaired) electrons. The van der Waals surface area contributed by atoms with Gasteiger partial charge in [-0.15, -0.1) is 0 Å². The van der Waals surface area contributed by atoms with E-state index < -0.39 is 0 Å². The first kappa shape index (κ1) is 12.0. The Hall–Kier alpha value is -1.51. The Morgan fingerprint density at radius 3 is 2.65 bits per heavy atom. The van der Waals surface area contributed by atoms with Gasteiger partial charge in [0.2, 0.25) is 5.91 Å². The number of amides is 1. The molecule has 2 rings (SSSR count). The number of hydrogen-bond acceptors (Lipinski definition) is 2. The minimum Gasteiger partial charge on any atom is -0.497 e. The van der Waals surface area contributed by atoms with E-state index in [0.29, 0.717) is 19.0 Å². The third-order valence-corrected chi connectivity index (χ3v) is 3.38. The lowest BCUT2D eigenvalue weighted by molar-refractivity contribution is -0.136. The number of likely N-dealkylation sites (tertiary alicyclic amines) is 1. The molecule has 1 aliphatic rings. The molecule has 3 nitrogen and oxygen atoms in total. The standard InChI is InChI=1S/C14H19NO2/c1-11-4-3-5-14(16)15(11)10-12-6-8-13(17-2)9-7-12/h6-9,11H,3-5,10H2,1-2H3/t11-/m1/s1. The first-order chi connectivity index (χ1) is 8.20. The van der Waals surface area contributed by atoms with Crippen molar-refractivity contribution in [3.05, 3.63) is 29.8 Å². The van der Waals surface area contributed by atoms with Crippen LogP contribution in [0.5, 0.6) is 5.75 Å². The van der Waals surface area contributed by atoms with Gasteiger partial charge in [-0.2, -0.15) is 0 Å². The number of ether oxygens (including phenoxy) is 1. The van der Waals surface area contributed by atoms with Crippen LogP contribution in [0, 0.1) is 0 Å². The van der Waals surface area contributed by atoms with Crippen LogP contribution in [0.3, 0.4) is 0 Å². The van der Waals surface area contributed by atoms with Crippen molar-refractivity contribution in [1.82, 2.24) is 4.90 Å². The Labute approximate surface area is 102 Å². The number of carbonyl (C=O) groups is 1. The Balaban J connectivity index is 2.05. The molecule has 0 saturated carbocycles. The highest BCUT2D eigenvalue weighted by atomic mass is 16.5. The first-order valence-electron chi connectivity index (χ1n) is 6.13. The van der Waals surface area contributed by atoms with E-state index in [-0.39, 0.29) is 5.91 Å². The Morgan fingerprint density at radius 2 is 2.06 bits per heavy atom. The van der Waals surface area contributed by atoms with Gasteiger partial charge in [-0.25, -0.2) is 0 Å². The molecule has 1 atom stereocenters. The second kappa shape index (κ2) is 5.21. The average molecular weight is 233 g/mol. The quantitative estimate of drug-likeness (QED) is 0.803. The van der Waals surface area contributed by atoms with E-state index in [1.807, 2.05) is 29.2 Å². The molecule has 92 valence electrons. The molecule has 1 aromatic rings. The van der Waals surface area contributed by atoms with Gasteiger partial charge >= 0.3 is 0 Å². The largest absolute Gasteiger partial charge is 0.497 e. The first-order valence-corrected chi connectivity index (χ1v) is 6.13. The van der Waals surface area contributed by atoms with E-state index in [9.17, 15) is 4.79 Å². The molecule has 3 heteroatoms. The van der Waals surface area contributed by atoms with Crippen LogP contribution in [0.15, 0.2) is 24.3 Å². The van der Waals surface area contributed by atoms with Gasteiger partial charge in [0.15, 0.2) is 0 Å². The van der Waals surface area contributed by atoms with Crippen LogP contribution in [0.1, 0.15) is 31.7 Å². The van der Waals surface area contributed by atoms with Crippen LogP contribution in [0.25, 0.3) is 0 Å². The van der Waals surface area contributed by atoms with Crippen molar-refractivity contribution < 1.29 is 9.53 Å². The number of benzene rings is 1. The van der Waals surface area contributed by atoms with Crippen molar-refractivity contribution in [1.29, 1.82) is 0 Å². The fourth-order valence-corrected chi connectivity index (χ4v) is 2.27. The zero-order chi connectivity index (χ0) is 12.3. The number of carbonyl (C=O) groups excluding carboxylic acids is 1. The Kier molecular flexibility index (Phi) is 3.67. The van der Waals surface area contributed by atoms with Crippen molar-refractivity contribution in [2.24, 2.45) is 0 Å². The summed E-state index contributed by atoms with van der Waals surface area (Å²) in [5.41, 5.74) is 1.16. The molecule has 1 fully saturated rings. The minimum absolute atomic E-state index is 0.277. The molecule has 17 heavy (non-hydrogen) atoms. The molecule has 0 unspecified atom stereocenters. The summed E-state index contributed by atoms with van der Waals surface area (Å²) < 4.78 is 5.12. The van der Waals surface area contributed by atoms with E-state index in [1.165, 1.54) is 0 Å². The number of rotatable bonds is 3. The van der Waals surface area contributed by atoms with Crippen molar-refractivity contribution in [2.75, 3.05) is 7.11 Å². The summed E-state index contributed by atoms with van der Waals surface area (Å²) >= 11 is 0. The highest BCUT2D eigenvalue weighted by molar-refractivity contribution is 5.77. The predicted octanol–water partition coefficient (Wildman–Crippen LogP) is 2.60. The maximum absolute atomic E-state index is 11.8. The van der Waals surface area contributed by atoms with Crippen LogP contribution < -0.4 is 4.74 Å². The normalized spacial score (nSPS) is 20.5. The molecule has 1 amide bonds. The van der Waals surface area contributed by atoms with Gasteiger partial charge in [0.1, 0.15) is 5.75 Å². The molecular formula is C14H19NO2. The summed E-state index contributed by atoms with van der Waals surface area (Å²) in [5.74, 6) is 1.13. The smallest absolute Gasteiger partial charge is 0.223 e. The van der Waals surface area contributed by atoms with Crippen LogP contribution >= 0.6 is 0 Å². The number of piperidine rings is 1. The summed E-state index contributed by atoms with van der Waals surface area (Å²) in [5, 5.41) is 0. The van der Waals surface area contributed by atoms with E-state index in [0.717, 1.165) is 24.2 Å². The fourth-order valence-electron chi connectivity index (χ4n) is 2.27. The topological polar surface area (TPSA) is 29.5 Å². The van der Waals surface area contributed by atoms with Crippen molar-refractivity contribution in [3.8, 4) is 5.75 Å². The molecular weight excluding hydrogens is 214 g/mol. The van der Waals surface area contributed by atoms with Gasteiger partial charge in [0, 0.05) is 19.0 Å². The van der Waals surface area contributed by atoms with Crippen LogP contribution in [-0.2, 0) is 11.3 Å². The summed E-state index contributed by atoms with van der Waals surface area (Å²) in [7, 11) is 1.66. The average Bonchev–Trinajstić information content (AvgIpc) is 2.35. The molecule has 0 bridgehead atoms. The zero-order valence-corrected chi connectivity index (χ0v) is 10.5. The van der Waals surface area contributed by atoms with Gasteiger partial charge in [-0.3, -0.25) is 4.79 Å². The highest BCUT2D eigenvalue weighted by Crippen LogP contribution is 2.21. The SMILES string of the molecule is COc1ccc(CN2C(=O)CCC[C@H]2C)cc1. The predicted molar refractivity (Wildman–Crippen MR) is 66.9 cm³/mol. The minimum atomic E-state index is 0.277. The van der Waals surface area contributed by atoms with E-state index >= 15 is 0 Å². The molecule has 0 spiro atoms. The third-order valence-electron chi connectivity index (χ3n) is 3.38. The lowest BCUT2D eigenvalue weighted by Gasteiger charge is -2.33. The maximum Gasteiger partial charge on any atom is 0.223 e. The van der Waals surface area contributed by atoms with Gasteiger partial charge in [-0.05, 0) is 37.5 Å². The molecule has 0 aromatic heterocycles. The summed E-state index contributed by atoms with van der Waals surface area (Å²) in [4.78, 5) is 13.8. The van der Waals surface area contributed by atoms with Gasteiger partial charge in [0.05, 0.1) is 7.11 Å². The number of hydrogen-bond donors (Lipinski definition) is 0. The second-order valence-electron chi connectivity index (χ2n) is 4.61. The molecule has 1 heterocycles. The molecule has 1 saturated heterocycles. The van der Waals surface area contributed by atoms with Crippen LogP contribution in [-0.4, -0.2) is 24.0 Å². The monoisotopic (exact) mass is 233 g/mol. The second-order valence-corrected chi connectivity index (χ2v) is 4.61. The van der Waals surface area contributed by atoms with Crippen molar-refractivity contribution in [3.63, 3.8) is 0 Å². The van der Waals surface area contributed by atoms with Gasteiger partial charge < -0.3 is 9.64 Å². The molecule has 1 aromatic carbocycles. The lowest BCUT2D eigenvalue weighted by atomic mass is 10.0.